The molecule has 1 saturated heterocycles. The number of hydrogen-bond donors (Lipinski definition) is 2. The minimum atomic E-state index is -0.888. The van der Waals surface area contributed by atoms with E-state index in [0.717, 1.165) is 13.1 Å². The van der Waals surface area contributed by atoms with Crippen LogP contribution in [0.4, 0.5) is 9.18 Å². The first-order valence-corrected chi connectivity index (χ1v) is 14.7. The Bertz CT molecular complexity index is 1300. The number of amides is 1. The van der Waals surface area contributed by atoms with Crippen molar-refractivity contribution in [1.29, 1.82) is 0 Å². The van der Waals surface area contributed by atoms with Crippen molar-refractivity contribution in [3.63, 3.8) is 0 Å². The number of rotatable bonds is 5. The number of piperazine rings is 1. The van der Waals surface area contributed by atoms with Crippen LogP contribution in [0.3, 0.4) is 0 Å². The summed E-state index contributed by atoms with van der Waals surface area (Å²) in [4.78, 5) is 29.7. The number of fused-ring (bicyclic) bond motifs is 1. The van der Waals surface area contributed by atoms with Crippen molar-refractivity contribution in [2.75, 3.05) is 39.8 Å². The van der Waals surface area contributed by atoms with Gasteiger partial charge in [0.25, 0.3) is 0 Å². The molecule has 0 aliphatic carbocycles. The minimum absolute atomic E-state index is 0.0801. The zero-order chi connectivity index (χ0) is 30.4. The fourth-order valence-corrected chi connectivity index (χ4v) is 5.49. The van der Waals surface area contributed by atoms with Crippen molar-refractivity contribution in [3.05, 3.63) is 47.4 Å². The van der Waals surface area contributed by atoms with Gasteiger partial charge in [-0.1, -0.05) is 26.0 Å². The fourth-order valence-electron chi connectivity index (χ4n) is 5.49. The molecule has 2 aliphatic rings. The molecule has 11 heteroatoms. The predicted octanol–water partition coefficient (Wildman–Crippen LogP) is 3.61. The zero-order valence-corrected chi connectivity index (χ0v) is 24.9. The number of likely N-dealkylation sites (N-methyl/N-ethyl adjacent to an activating group) is 1. The maximum Gasteiger partial charge on any atom is 0.410 e. The number of halogens is 1. The molecule has 10 nitrogen and oxygen atoms in total. The number of ether oxygens (including phenoxy) is 2. The van der Waals surface area contributed by atoms with E-state index in [4.69, 9.17) is 9.47 Å². The van der Waals surface area contributed by atoms with Crippen LogP contribution in [0.1, 0.15) is 45.6 Å². The number of esters is 1. The van der Waals surface area contributed by atoms with Crippen molar-refractivity contribution in [3.8, 4) is 0 Å². The minimum Gasteiger partial charge on any atom is -0.457 e. The number of aliphatic hydroxyl groups is 2. The largest absolute Gasteiger partial charge is 0.457 e. The van der Waals surface area contributed by atoms with E-state index in [-0.39, 0.29) is 37.5 Å². The monoisotopic (exact) mass is 586 g/mol. The number of aliphatic hydroxyl groups excluding tert-OH is 2. The summed E-state index contributed by atoms with van der Waals surface area (Å²) >= 11 is 0. The zero-order valence-electron chi connectivity index (χ0n) is 24.9. The summed E-state index contributed by atoms with van der Waals surface area (Å²) < 4.78 is 28.3. The van der Waals surface area contributed by atoms with Gasteiger partial charge in [0.05, 0.1) is 42.8 Å². The van der Waals surface area contributed by atoms with E-state index >= 15 is 0 Å². The molecule has 2 N–H and O–H groups in total. The molecule has 1 aromatic heterocycles. The van der Waals surface area contributed by atoms with Gasteiger partial charge in [0.2, 0.25) is 0 Å². The third-order valence-corrected chi connectivity index (χ3v) is 8.15. The summed E-state index contributed by atoms with van der Waals surface area (Å²) in [7, 11) is 2.02. The Labute approximate surface area is 246 Å². The Morgan fingerprint density at radius 3 is 2.64 bits per heavy atom. The lowest BCUT2D eigenvalue weighted by molar-refractivity contribution is -0.151. The molecule has 2 aliphatic heterocycles. The highest BCUT2D eigenvalue weighted by molar-refractivity contribution is 5.82. The van der Waals surface area contributed by atoms with Crippen LogP contribution in [-0.2, 0) is 20.8 Å². The second kappa shape index (κ2) is 14.3. The quantitative estimate of drug-likeness (QED) is 0.403. The van der Waals surface area contributed by atoms with E-state index < -0.39 is 30.1 Å². The third-order valence-electron chi connectivity index (χ3n) is 8.15. The molecule has 0 bridgehead atoms. The average Bonchev–Trinajstić information content (AvgIpc) is 3.35. The molecular formula is C31H43FN4O6. The highest BCUT2D eigenvalue weighted by Gasteiger charge is 2.29. The Morgan fingerprint density at radius 1 is 1.19 bits per heavy atom. The Balaban J connectivity index is 1.60. The van der Waals surface area contributed by atoms with E-state index in [1.165, 1.54) is 12.3 Å². The second-order valence-corrected chi connectivity index (χ2v) is 11.6. The average molecular weight is 587 g/mol. The van der Waals surface area contributed by atoms with Gasteiger partial charge in [0, 0.05) is 32.1 Å². The van der Waals surface area contributed by atoms with Crippen LogP contribution in [0.2, 0.25) is 0 Å². The lowest BCUT2D eigenvalue weighted by Gasteiger charge is -2.33. The first kappa shape index (κ1) is 31.7. The number of hydrogen-bond acceptors (Lipinski definition) is 8. The molecule has 0 unspecified atom stereocenters. The first-order chi connectivity index (χ1) is 20.0. The van der Waals surface area contributed by atoms with Gasteiger partial charge in [0.15, 0.2) is 0 Å². The maximum absolute atomic E-state index is 14.9. The molecule has 3 heterocycles. The topological polar surface area (TPSA) is 117 Å². The van der Waals surface area contributed by atoms with Crippen LogP contribution < -0.4 is 0 Å². The Hall–Kier alpha value is -3.28. The highest BCUT2D eigenvalue weighted by atomic mass is 19.1. The molecule has 0 saturated carbocycles. The summed E-state index contributed by atoms with van der Waals surface area (Å²) in [5, 5.41) is 24.4. The number of aromatic nitrogens is 2. The molecule has 1 aromatic carbocycles. The van der Waals surface area contributed by atoms with E-state index in [0.29, 0.717) is 48.0 Å². The summed E-state index contributed by atoms with van der Waals surface area (Å²) in [6.45, 7) is 8.57. The molecule has 1 fully saturated rings. The van der Waals surface area contributed by atoms with Crippen LogP contribution in [0.5, 0.6) is 0 Å². The number of benzene rings is 1. The van der Waals surface area contributed by atoms with Crippen molar-refractivity contribution >= 4 is 29.0 Å². The van der Waals surface area contributed by atoms with Gasteiger partial charge < -0.3 is 29.5 Å². The normalized spacial score (nSPS) is 27.7. The van der Waals surface area contributed by atoms with Crippen LogP contribution >= 0.6 is 0 Å². The number of carbonyl (C=O) groups is 2. The first-order valence-electron chi connectivity index (χ1n) is 14.7. The third kappa shape index (κ3) is 7.96. The van der Waals surface area contributed by atoms with E-state index in [1.807, 2.05) is 40.0 Å². The van der Waals surface area contributed by atoms with Crippen molar-refractivity contribution in [2.24, 2.45) is 11.8 Å². The molecule has 0 radical (unpaired) electrons. The lowest BCUT2D eigenvalue weighted by Crippen LogP contribution is -2.48. The summed E-state index contributed by atoms with van der Waals surface area (Å²) in [5.41, 5.74) is 1.79. The van der Waals surface area contributed by atoms with Crippen LogP contribution in [-0.4, -0.2) is 100 Å². The van der Waals surface area contributed by atoms with Gasteiger partial charge in [-0.25, -0.2) is 9.18 Å². The van der Waals surface area contributed by atoms with Gasteiger partial charge in [0.1, 0.15) is 18.0 Å². The van der Waals surface area contributed by atoms with Gasteiger partial charge in [-0.15, -0.1) is 0 Å². The Kier molecular flexibility index (Phi) is 10.7. The molecule has 4 rings (SSSR count). The van der Waals surface area contributed by atoms with Gasteiger partial charge >= 0.3 is 12.1 Å². The summed E-state index contributed by atoms with van der Waals surface area (Å²) in [6, 6.07) is 3.18. The lowest BCUT2D eigenvalue weighted by atomic mass is 9.91. The molecule has 1 amide bonds. The van der Waals surface area contributed by atoms with Crippen LogP contribution in [0, 0.1) is 17.7 Å². The molecule has 42 heavy (non-hydrogen) atoms. The highest BCUT2D eigenvalue weighted by Crippen LogP contribution is 2.27. The SMILES string of the molecule is C/C(=C\c1cc(F)c2cnn(CCO)c2c1)[C@H]1OC(=O)C[C@H](O)CC[C@H](C)[C@@H](OC(=O)N2CCN(C)CC2)/C=C\[C@@H]1C. The molecule has 230 valence electrons. The predicted molar refractivity (Wildman–Crippen MR) is 157 cm³/mol. The standard InChI is InChI=1S/C31H43FN4O6/c1-20-5-7-24(38)18-29(39)42-30(21(2)6-8-28(20)41-31(40)35-11-9-34(4)10-12-35)22(3)15-23-16-26(32)25-19-33-36(13-14-37)27(25)17-23/h6,8,15-17,19-21,24,28,30,37-38H,5,7,9-14,18H2,1-4H3/b8-6-,22-15+/t20-,21-,24+,28-,30-/m0/s1. The van der Waals surface area contributed by atoms with Gasteiger partial charge in [-0.3, -0.25) is 9.48 Å². The van der Waals surface area contributed by atoms with E-state index in [1.54, 1.807) is 21.7 Å². The summed E-state index contributed by atoms with van der Waals surface area (Å²) in [5.74, 6) is -1.35. The second-order valence-electron chi connectivity index (χ2n) is 11.6. The number of cyclic esters (lactones) is 1. The van der Waals surface area contributed by atoms with Gasteiger partial charge in [-0.2, -0.15) is 5.10 Å². The molecule has 2 aromatic rings. The summed E-state index contributed by atoms with van der Waals surface area (Å²) in [6.07, 6.45) is 5.25. The van der Waals surface area contributed by atoms with Crippen molar-refractivity contribution < 1.29 is 33.7 Å². The molecular weight excluding hydrogens is 543 g/mol. The number of nitrogens with zero attached hydrogens (tertiary/aromatic N) is 4. The van der Waals surface area contributed by atoms with Crippen LogP contribution in [0.15, 0.2) is 36.1 Å². The van der Waals surface area contributed by atoms with Crippen molar-refractivity contribution in [1.82, 2.24) is 19.6 Å². The smallest absolute Gasteiger partial charge is 0.410 e. The fraction of sp³-hybridized carbons (Fsp3) is 0.581. The van der Waals surface area contributed by atoms with Crippen LogP contribution in [0.25, 0.3) is 17.0 Å². The molecule has 0 spiro atoms. The Morgan fingerprint density at radius 2 is 1.93 bits per heavy atom. The van der Waals surface area contributed by atoms with E-state index in [9.17, 15) is 24.2 Å². The maximum atomic E-state index is 14.9. The molecule has 5 atom stereocenters. The number of carbonyl (C=O) groups excluding carboxylic acids is 2. The van der Waals surface area contributed by atoms with Gasteiger partial charge in [-0.05, 0) is 62.1 Å². The van der Waals surface area contributed by atoms with Crippen molar-refractivity contribution in [2.45, 2.75) is 64.9 Å². The van der Waals surface area contributed by atoms with E-state index in [2.05, 4.69) is 10.00 Å².